The van der Waals surface area contributed by atoms with E-state index in [2.05, 4.69) is 4.98 Å². The van der Waals surface area contributed by atoms with Crippen molar-refractivity contribution in [1.82, 2.24) is 4.98 Å². The molecule has 0 saturated heterocycles. The van der Waals surface area contributed by atoms with Crippen molar-refractivity contribution in [1.29, 1.82) is 5.26 Å². The summed E-state index contributed by atoms with van der Waals surface area (Å²) in [5.41, 5.74) is 0.304. The molecule has 1 aromatic heterocycles. The summed E-state index contributed by atoms with van der Waals surface area (Å²) in [6.07, 6.45) is 0. The molecule has 1 rings (SSSR count). The fourth-order valence-corrected chi connectivity index (χ4v) is 2.20. The second kappa shape index (κ2) is 4.05. The van der Waals surface area contributed by atoms with Crippen molar-refractivity contribution in [2.24, 2.45) is 0 Å². The predicted molar refractivity (Wildman–Crippen MR) is 45.9 cm³/mol. The van der Waals surface area contributed by atoms with Gasteiger partial charge in [0.2, 0.25) is 0 Å². The van der Waals surface area contributed by atoms with Gasteiger partial charge in [0.15, 0.2) is 0 Å². The molecule has 0 aliphatic rings. The minimum atomic E-state index is 0.224. The van der Waals surface area contributed by atoms with Crippen molar-refractivity contribution in [3.8, 4) is 11.8 Å². The molecular weight excluding hydrogens is 371 g/mol. The van der Waals surface area contributed by atoms with Crippen LogP contribution in [-0.2, 0) is 0 Å². The Labute approximate surface area is 91.0 Å². The summed E-state index contributed by atoms with van der Waals surface area (Å²) in [6, 6.07) is 3.67. The fourth-order valence-electron chi connectivity index (χ4n) is 0.754. The van der Waals surface area contributed by atoms with Gasteiger partial charge in [-0.05, 0) is 0 Å². The van der Waals surface area contributed by atoms with Gasteiger partial charge in [0.1, 0.15) is 0 Å². The van der Waals surface area contributed by atoms with Crippen LogP contribution < -0.4 is 7.99 Å². The molecule has 0 aliphatic carbocycles. The summed E-state index contributed by atoms with van der Waals surface area (Å²) in [6.45, 7) is 0. The van der Waals surface area contributed by atoms with Gasteiger partial charge >= 0.3 is 91.3 Å². The summed E-state index contributed by atoms with van der Waals surface area (Å²) in [5.74, 6) is 0.502. The summed E-state index contributed by atoms with van der Waals surface area (Å²) in [5, 5.41) is 8.90. The van der Waals surface area contributed by atoms with Gasteiger partial charge in [-0.3, -0.25) is 0 Å². The Bertz CT molecular complexity index is 348. The average molecular weight is 375 g/mol. The molecule has 0 aliphatic heterocycles. The van der Waals surface area contributed by atoms with E-state index in [0.717, 1.165) is 29.0 Å². The number of nitriles is 1. The Morgan fingerprint density at radius 3 is 2.92 bits per heavy atom. The first-order chi connectivity index (χ1) is 5.69. The minimum absolute atomic E-state index is 0.224. The first kappa shape index (κ1) is 9.74. The number of ether oxygens (including phenoxy) is 1. The van der Waals surface area contributed by atoms with Gasteiger partial charge in [0.25, 0.3) is 0 Å². The van der Waals surface area contributed by atoms with E-state index in [9.17, 15) is 0 Å². The van der Waals surface area contributed by atoms with Crippen LogP contribution in [0.4, 0.5) is 0 Å². The van der Waals surface area contributed by atoms with E-state index in [1.807, 2.05) is 6.07 Å². The van der Waals surface area contributed by atoms with E-state index in [4.69, 9.17) is 21.6 Å². The second-order valence-corrected chi connectivity index (χ2v) is 4.34. The average Bonchev–Trinajstić information content (AvgIpc) is 2.03. The van der Waals surface area contributed by atoms with Crippen LogP contribution in [0.15, 0.2) is 6.07 Å². The number of halogens is 1. The van der Waals surface area contributed by atoms with Gasteiger partial charge in [0, 0.05) is 0 Å². The van der Waals surface area contributed by atoms with E-state index >= 15 is 0 Å². The molecule has 3 radical (unpaired) electrons. The van der Waals surface area contributed by atoms with Crippen molar-refractivity contribution >= 4 is 40.6 Å². The molecule has 0 atom stereocenters. The number of nitrogens with zero attached hydrogens (tertiary/aromatic N) is 2. The Morgan fingerprint density at radius 2 is 2.42 bits per heavy atom. The standard InChI is InChI=1S/C7H4ClN2O.Pb/c1-11-6-2-3-10-7(8)5(6)4-9;/h2H,1H3;. The van der Waals surface area contributed by atoms with Crippen molar-refractivity contribution in [2.45, 2.75) is 0 Å². The molecule has 1 heterocycles. The zero-order chi connectivity index (χ0) is 9.14. The van der Waals surface area contributed by atoms with Gasteiger partial charge in [-0.1, -0.05) is 0 Å². The number of aromatic nitrogens is 1. The number of methoxy groups -OCH3 is 1. The molecule has 0 fully saturated rings. The molecule has 0 saturated carbocycles. The molecule has 0 spiro atoms. The molecule has 0 amide bonds. The van der Waals surface area contributed by atoms with Crippen LogP contribution in [0.25, 0.3) is 0 Å². The van der Waals surface area contributed by atoms with Crippen molar-refractivity contribution < 1.29 is 4.74 Å². The summed E-state index contributed by atoms with van der Waals surface area (Å²) >= 11 is 6.51. The second-order valence-electron chi connectivity index (χ2n) is 1.99. The topological polar surface area (TPSA) is 45.9 Å². The Balaban J connectivity index is 3.36. The van der Waals surface area contributed by atoms with Crippen LogP contribution in [0.3, 0.4) is 0 Å². The monoisotopic (exact) mass is 375 g/mol. The molecule has 59 valence electrons. The Hall–Kier alpha value is -0.348. The molecule has 5 heteroatoms. The molecule has 0 N–H and O–H groups in total. The third-order valence-electron chi connectivity index (χ3n) is 1.27. The van der Waals surface area contributed by atoms with Crippen molar-refractivity contribution in [3.05, 3.63) is 16.8 Å². The molecule has 0 aromatic carbocycles. The Kier molecular flexibility index (Phi) is 3.29. The van der Waals surface area contributed by atoms with E-state index in [0.29, 0.717) is 11.3 Å². The number of rotatable bonds is 1. The SMILES string of the molecule is COc1c[c]([Pb])nc(Cl)c1C#N. The van der Waals surface area contributed by atoms with E-state index in [-0.39, 0.29) is 5.15 Å². The van der Waals surface area contributed by atoms with Crippen molar-refractivity contribution in [2.75, 3.05) is 7.11 Å². The van der Waals surface area contributed by atoms with Gasteiger partial charge in [0.05, 0.1) is 0 Å². The van der Waals surface area contributed by atoms with Gasteiger partial charge in [-0.2, -0.15) is 0 Å². The van der Waals surface area contributed by atoms with Crippen LogP contribution >= 0.6 is 11.6 Å². The number of hydrogen-bond donors (Lipinski definition) is 0. The third-order valence-corrected chi connectivity index (χ3v) is 2.54. The van der Waals surface area contributed by atoms with Crippen LogP contribution in [0.5, 0.6) is 5.75 Å². The first-order valence-electron chi connectivity index (χ1n) is 3.05. The Morgan fingerprint density at radius 1 is 1.75 bits per heavy atom. The normalized spacial score (nSPS) is 9.17. The molecule has 0 unspecified atom stereocenters. The first-order valence-corrected chi connectivity index (χ1v) is 5.37. The third kappa shape index (κ3) is 1.87. The molecule has 0 bridgehead atoms. The fraction of sp³-hybridized carbons (Fsp3) is 0.143. The molecule has 1 aromatic rings. The van der Waals surface area contributed by atoms with Crippen LogP contribution in [-0.4, -0.2) is 37.9 Å². The summed E-state index contributed by atoms with van der Waals surface area (Å²) in [7, 11) is 1.51. The summed E-state index contributed by atoms with van der Waals surface area (Å²) in [4.78, 5) is 3.98. The maximum atomic E-state index is 8.68. The molecular formula is C7H4ClN2OPb. The van der Waals surface area contributed by atoms with Gasteiger partial charge in [-0.25, -0.2) is 0 Å². The number of hydrogen-bond acceptors (Lipinski definition) is 3. The zero-order valence-electron chi connectivity index (χ0n) is 6.26. The van der Waals surface area contributed by atoms with Crippen LogP contribution in [0.1, 0.15) is 5.56 Å². The zero-order valence-corrected chi connectivity index (χ0v) is 10.9. The van der Waals surface area contributed by atoms with Gasteiger partial charge < -0.3 is 0 Å². The van der Waals surface area contributed by atoms with Gasteiger partial charge in [-0.15, -0.1) is 0 Å². The maximum absolute atomic E-state index is 8.68. The van der Waals surface area contributed by atoms with Crippen LogP contribution in [0, 0.1) is 11.3 Å². The van der Waals surface area contributed by atoms with Crippen LogP contribution in [0.2, 0.25) is 5.15 Å². The number of pyridine rings is 1. The van der Waals surface area contributed by atoms with E-state index in [1.165, 1.54) is 7.11 Å². The summed E-state index contributed by atoms with van der Waals surface area (Å²) < 4.78 is 5.84. The molecule has 3 nitrogen and oxygen atoms in total. The predicted octanol–water partition coefficient (Wildman–Crippen LogP) is 0.409. The molecule has 12 heavy (non-hydrogen) atoms. The van der Waals surface area contributed by atoms with Crippen molar-refractivity contribution in [3.63, 3.8) is 0 Å². The quantitative estimate of drug-likeness (QED) is 0.528. The van der Waals surface area contributed by atoms with E-state index in [1.54, 1.807) is 6.07 Å². The van der Waals surface area contributed by atoms with E-state index < -0.39 is 0 Å².